The molecule has 60 heavy (non-hydrogen) atoms. The summed E-state index contributed by atoms with van der Waals surface area (Å²) in [4.78, 5) is 37.9. The van der Waals surface area contributed by atoms with Crippen molar-refractivity contribution in [1.82, 2.24) is 0 Å². The minimum absolute atomic E-state index is 0.0911. The Bertz CT molecular complexity index is 1060. The molecule has 348 valence electrons. The molecule has 0 rings (SSSR count). The van der Waals surface area contributed by atoms with E-state index in [2.05, 4.69) is 69.4 Å². The van der Waals surface area contributed by atoms with E-state index in [1.165, 1.54) is 148 Å². The molecule has 6 nitrogen and oxygen atoms in total. The lowest BCUT2D eigenvalue weighted by molar-refractivity contribution is -0.167. The van der Waals surface area contributed by atoms with Crippen molar-refractivity contribution >= 4 is 17.9 Å². The van der Waals surface area contributed by atoms with E-state index in [0.717, 1.165) is 64.2 Å². The number of unbranched alkanes of at least 4 members (excludes halogenated alkanes) is 27. The van der Waals surface area contributed by atoms with Gasteiger partial charge in [0.15, 0.2) is 6.10 Å². The van der Waals surface area contributed by atoms with Gasteiger partial charge in [0.05, 0.1) is 0 Å². The van der Waals surface area contributed by atoms with E-state index < -0.39 is 6.10 Å². The summed E-state index contributed by atoms with van der Waals surface area (Å²) >= 11 is 0. The predicted molar refractivity (Wildman–Crippen MR) is 256 cm³/mol. The number of allylic oxidation sites excluding steroid dienone is 8. The van der Waals surface area contributed by atoms with Crippen molar-refractivity contribution in [2.75, 3.05) is 13.2 Å². The van der Waals surface area contributed by atoms with Gasteiger partial charge in [-0.25, -0.2) is 0 Å². The van der Waals surface area contributed by atoms with E-state index in [1.807, 2.05) is 0 Å². The van der Waals surface area contributed by atoms with Gasteiger partial charge < -0.3 is 14.2 Å². The zero-order chi connectivity index (χ0) is 43.7. The van der Waals surface area contributed by atoms with Crippen LogP contribution in [0.4, 0.5) is 0 Å². The molecule has 0 radical (unpaired) electrons. The number of esters is 3. The van der Waals surface area contributed by atoms with Gasteiger partial charge >= 0.3 is 17.9 Å². The van der Waals surface area contributed by atoms with Crippen LogP contribution in [0.1, 0.15) is 258 Å². The Morgan fingerprint density at radius 3 is 1.05 bits per heavy atom. The monoisotopic (exact) mass is 841 g/mol. The summed E-state index contributed by atoms with van der Waals surface area (Å²) in [6, 6.07) is 0. The summed E-state index contributed by atoms with van der Waals surface area (Å²) in [5, 5.41) is 0. The van der Waals surface area contributed by atoms with E-state index in [9.17, 15) is 14.4 Å². The Kier molecular flexibility index (Phi) is 46.9. The van der Waals surface area contributed by atoms with E-state index >= 15 is 0 Å². The zero-order valence-corrected chi connectivity index (χ0v) is 39.7. The highest BCUT2D eigenvalue weighted by molar-refractivity contribution is 5.71. The van der Waals surface area contributed by atoms with Crippen molar-refractivity contribution in [2.45, 2.75) is 264 Å². The molecule has 0 amide bonds. The lowest BCUT2D eigenvalue weighted by Crippen LogP contribution is -2.30. The fraction of sp³-hybridized carbons (Fsp3) is 0.796. The third kappa shape index (κ3) is 46.4. The largest absolute Gasteiger partial charge is 0.462 e. The summed E-state index contributed by atoms with van der Waals surface area (Å²) in [5.74, 6) is -0.947. The Balaban J connectivity index is 4.44. The van der Waals surface area contributed by atoms with Crippen LogP contribution in [0.25, 0.3) is 0 Å². The standard InChI is InChI=1S/C54H96O6/c1-4-7-10-13-16-19-22-25-26-27-28-30-32-35-38-41-44-47-53(56)59-50-51(49-58-52(55)46-43-40-37-34-31-24-21-18-15-12-9-6-3)60-54(57)48-45-42-39-36-33-29-23-20-17-14-11-8-5-2/h18,21,25-26,28,30,35,38,51H,4-17,19-20,22-24,27,29,31-34,36-37,39-50H2,1-3H3/b21-18-,26-25-,30-28-,38-35-. The molecular formula is C54H96O6. The lowest BCUT2D eigenvalue weighted by Gasteiger charge is -2.18. The quantitative estimate of drug-likeness (QED) is 0.0263. The van der Waals surface area contributed by atoms with Gasteiger partial charge in [-0.15, -0.1) is 0 Å². The van der Waals surface area contributed by atoms with E-state index in [-0.39, 0.29) is 37.5 Å². The maximum absolute atomic E-state index is 12.8. The molecule has 0 aromatic heterocycles. The van der Waals surface area contributed by atoms with Gasteiger partial charge in [-0.1, -0.05) is 211 Å². The Hall–Kier alpha value is -2.63. The lowest BCUT2D eigenvalue weighted by atomic mass is 10.0. The molecule has 0 fully saturated rings. The van der Waals surface area contributed by atoms with Crippen LogP contribution in [-0.2, 0) is 28.6 Å². The topological polar surface area (TPSA) is 78.9 Å². The summed E-state index contributed by atoms with van der Waals surface area (Å²) in [6.07, 6.45) is 58.1. The number of hydrogen-bond acceptors (Lipinski definition) is 6. The van der Waals surface area contributed by atoms with Gasteiger partial charge in [0.2, 0.25) is 0 Å². The molecule has 6 heteroatoms. The Morgan fingerprint density at radius 1 is 0.333 bits per heavy atom. The first-order valence-electron chi connectivity index (χ1n) is 25.6. The average molecular weight is 841 g/mol. The minimum Gasteiger partial charge on any atom is -0.462 e. The molecule has 0 aromatic carbocycles. The number of ether oxygens (including phenoxy) is 3. The fourth-order valence-corrected chi connectivity index (χ4v) is 7.16. The third-order valence-corrected chi connectivity index (χ3v) is 11.1. The summed E-state index contributed by atoms with van der Waals surface area (Å²) in [6.45, 7) is 6.56. The molecule has 1 atom stereocenters. The van der Waals surface area contributed by atoms with Crippen LogP contribution in [0, 0.1) is 0 Å². The van der Waals surface area contributed by atoms with Gasteiger partial charge in [0.1, 0.15) is 13.2 Å². The van der Waals surface area contributed by atoms with E-state index in [4.69, 9.17) is 14.2 Å². The summed E-state index contributed by atoms with van der Waals surface area (Å²) < 4.78 is 16.7. The molecule has 0 spiro atoms. The van der Waals surface area contributed by atoms with Crippen LogP contribution in [0.2, 0.25) is 0 Å². The van der Waals surface area contributed by atoms with Gasteiger partial charge in [-0.3, -0.25) is 14.4 Å². The van der Waals surface area contributed by atoms with Crippen LogP contribution >= 0.6 is 0 Å². The highest BCUT2D eigenvalue weighted by Crippen LogP contribution is 2.15. The smallest absolute Gasteiger partial charge is 0.306 e. The van der Waals surface area contributed by atoms with Gasteiger partial charge in [0.25, 0.3) is 0 Å². The van der Waals surface area contributed by atoms with Crippen molar-refractivity contribution in [1.29, 1.82) is 0 Å². The van der Waals surface area contributed by atoms with Gasteiger partial charge in [-0.2, -0.15) is 0 Å². The van der Waals surface area contributed by atoms with Crippen LogP contribution < -0.4 is 0 Å². The number of carbonyl (C=O) groups is 3. The maximum atomic E-state index is 12.8. The molecule has 0 aliphatic carbocycles. The van der Waals surface area contributed by atoms with E-state index in [1.54, 1.807) is 0 Å². The van der Waals surface area contributed by atoms with Crippen molar-refractivity contribution in [2.24, 2.45) is 0 Å². The van der Waals surface area contributed by atoms with Crippen molar-refractivity contribution in [3.05, 3.63) is 48.6 Å². The molecule has 0 bridgehead atoms. The molecule has 0 aliphatic heterocycles. The second-order valence-corrected chi connectivity index (χ2v) is 17.1. The SMILES string of the molecule is CCCCC/C=C\CCCCCCCC(=O)OCC(COC(=O)CCC/C=C\C/C=C\C/C=C\CCCCCCCC)OC(=O)CCCCCCCCCCCCCCC. The summed E-state index contributed by atoms with van der Waals surface area (Å²) in [5.41, 5.74) is 0. The molecule has 0 aliphatic rings. The zero-order valence-electron chi connectivity index (χ0n) is 39.7. The number of rotatable bonds is 46. The fourth-order valence-electron chi connectivity index (χ4n) is 7.16. The Morgan fingerprint density at radius 2 is 0.617 bits per heavy atom. The maximum Gasteiger partial charge on any atom is 0.306 e. The third-order valence-electron chi connectivity index (χ3n) is 11.1. The molecule has 0 saturated carbocycles. The van der Waals surface area contributed by atoms with Crippen LogP contribution in [-0.4, -0.2) is 37.2 Å². The molecule has 0 saturated heterocycles. The molecule has 0 heterocycles. The highest BCUT2D eigenvalue weighted by Gasteiger charge is 2.19. The van der Waals surface area contributed by atoms with Gasteiger partial charge in [-0.05, 0) is 77.0 Å². The van der Waals surface area contributed by atoms with Crippen molar-refractivity contribution < 1.29 is 28.6 Å². The average Bonchev–Trinajstić information content (AvgIpc) is 3.24. The van der Waals surface area contributed by atoms with Crippen molar-refractivity contribution in [3.63, 3.8) is 0 Å². The van der Waals surface area contributed by atoms with Crippen molar-refractivity contribution in [3.8, 4) is 0 Å². The van der Waals surface area contributed by atoms with Crippen LogP contribution in [0.5, 0.6) is 0 Å². The second-order valence-electron chi connectivity index (χ2n) is 17.1. The van der Waals surface area contributed by atoms with Crippen LogP contribution in [0.3, 0.4) is 0 Å². The first-order chi connectivity index (χ1) is 29.5. The minimum atomic E-state index is -0.792. The van der Waals surface area contributed by atoms with E-state index in [0.29, 0.717) is 19.3 Å². The second kappa shape index (κ2) is 49.0. The van der Waals surface area contributed by atoms with Gasteiger partial charge in [0, 0.05) is 19.3 Å². The molecule has 1 unspecified atom stereocenters. The number of hydrogen-bond donors (Lipinski definition) is 0. The summed E-state index contributed by atoms with van der Waals surface area (Å²) in [7, 11) is 0. The Labute approximate surface area is 371 Å². The van der Waals surface area contributed by atoms with Crippen LogP contribution in [0.15, 0.2) is 48.6 Å². The molecule has 0 aromatic rings. The molecular weight excluding hydrogens is 745 g/mol. The highest BCUT2D eigenvalue weighted by atomic mass is 16.6. The first-order valence-corrected chi connectivity index (χ1v) is 25.6. The predicted octanol–water partition coefficient (Wildman–Crippen LogP) is 16.7. The number of carbonyl (C=O) groups excluding carboxylic acids is 3. The first kappa shape index (κ1) is 57.4. The normalized spacial score (nSPS) is 12.4. The molecule has 0 N–H and O–H groups in total.